The van der Waals surface area contributed by atoms with Gasteiger partial charge in [-0.25, -0.2) is 4.79 Å². The van der Waals surface area contributed by atoms with Gasteiger partial charge in [-0.15, -0.1) is 0 Å². The van der Waals surface area contributed by atoms with E-state index in [9.17, 15) is 4.79 Å². The van der Waals surface area contributed by atoms with Crippen LogP contribution >= 0.6 is 0 Å². The van der Waals surface area contributed by atoms with Crippen LogP contribution in [0.1, 0.15) is 72.1 Å². The van der Waals surface area contributed by atoms with Gasteiger partial charge in [-0.1, -0.05) is 19.3 Å². The van der Waals surface area contributed by atoms with E-state index in [1.165, 1.54) is 32.1 Å². The van der Waals surface area contributed by atoms with E-state index in [2.05, 4.69) is 15.6 Å². The molecule has 1 saturated heterocycles. The third-order valence-electron chi connectivity index (χ3n) is 5.47. The minimum absolute atomic E-state index is 0.206. The summed E-state index contributed by atoms with van der Waals surface area (Å²) in [6, 6.07) is 0. The molecule has 2 rings (SSSR count). The van der Waals surface area contributed by atoms with Crippen LogP contribution in [0.5, 0.6) is 0 Å². The molecule has 168 valence electrons. The molecule has 1 amide bonds. The molecule has 1 saturated carbocycles. The zero-order valence-electron chi connectivity index (χ0n) is 19.0. The fourth-order valence-corrected chi connectivity index (χ4v) is 3.95. The van der Waals surface area contributed by atoms with E-state index in [1.807, 2.05) is 25.7 Å². The monoisotopic (exact) mass is 410 g/mol. The number of guanidine groups is 1. The lowest BCUT2D eigenvalue weighted by atomic mass is 9.98. The number of hydrogen-bond donors (Lipinski definition) is 2. The van der Waals surface area contributed by atoms with Gasteiger partial charge >= 0.3 is 6.09 Å². The minimum atomic E-state index is -0.449. The number of carbonyl (C=O) groups is 1. The maximum atomic E-state index is 12.3. The molecule has 1 aliphatic carbocycles. The second-order valence-electron chi connectivity index (χ2n) is 9.30. The summed E-state index contributed by atoms with van der Waals surface area (Å²) in [4.78, 5) is 18.5. The molecule has 7 heteroatoms. The van der Waals surface area contributed by atoms with Crippen molar-refractivity contribution >= 4 is 12.1 Å². The number of piperidine rings is 1. The summed E-state index contributed by atoms with van der Waals surface area (Å²) >= 11 is 0. The van der Waals surface area contributed by atoms with Crippen molar-refractivity contribution in [2.45, 2.75) is 83.8 Å². The molecule has 0 bridgehead atoms. The van der Waals surface area contributed by atoms with Crippen molar-refractivity contribution in [2.24, 2.45) is 10.9 Å². The first-order valence-corrected chi connectivity index (χ1v) is 11.4. The molecule has 1 unspecified atom stereocenters. The predicted octanol–water partition coefficient (Wildman–Crippen LogP) is 3.54. The molecule has 0 aromatic rings. The first-order valence-electron chi connectivity index (χ1n) is 11.4. The fourth-order valence-electron chi connectivity index (χ4n) is 3.95. The maximum absolute atomic E-state index is 12.3. The zero-order chi connectivity index (χ0) is 21.1. The lowest BCUT2D eigenvalue weighted by Gasteiger charge is -2.34. The third-order valence-corrected chi connectivity index (χ3v) is 5.47. The van der Waals surface area contributed by atoms with Gasteiger partial charge in [0.1, 0.15) is 5.60 Å². The van der Waals surface area contributed by atoms with Crippen LogP contribution < -0.4 is 10.6 Å². The van der Waals surface area contributed by atoms with Gasteiger partial charge in [0.15, 0.2) is 5.96 Å². The Bertz CT molecular complexity index is 513. The molecule has 2 aliphatic rings. The maximum Gasteiger partial charge on any atom is 0.410 e. The molecule has 1 atom stereocenters. The average molecular weight is 411 g/mol. The van der Waals surface area contributed by atoms with Crippen LogP contribution in [0.25, 0.3) is 0 Å². The third kappa shape index (κ3) is 9.70. The van der Waals surface area contributed by atoms with Crippen molar-refractivity contribution in [3.05, 3.63) is 0 Å². The first-order chi connectivity index (χ1) is 13.9. The Morgan fingerprint density at radius 2 is 1.86 bits per heavy atom. The van der Waals surface area contributed by atoms with Gasteiger partial charge in [-0.05, 0) is 58.8 Å². The van der Waals surface area contributed by atoms with E-state index in [-0.39, 0.29) is 6.09 Å². The Labute approximate surface area is 177 Å². The lowest BCUT2D eigenvalue weighted by molar-refractivity contribution is 0.0168. The Morgan fingerprint density at radius 3 is 2.55 bits per heavy atom. The summed E-state index contributed by atoms with van der Waals surface area (Å²) in [5.74, 6) is 1.22. The molecule has 0 aromatic heterocycles. The number of rotatable bonds is 7. The number of amides is 1. The molecule has 2 fully saturated rings. The Morgan fingerprint density at radius 1 is 1.10 bits per heavy atom. The molecule has 2 N–H and O–H groups in total. The van der Waals surface area contributed by atoms with Crippen LogP contribution in [0.15, 0.2) is 4.99 Å². The van der Waals surface area contributed by atoms with Gasteiger partial charge in [-0.3, -0.25) is 4.99 Å². The molecular weight excluding hydrogens is 368 g/mol. The fraction of sp³-hybridized carbons (Fsp3) is 0.909. The highest BCUT2D eigenvalue weighted by Gasteiger charge is 2.27. The van der Waals surface area contributed by atoms with Crippen LogP contribution in [0.3, 0.4) is 0 Å². The zero-order valence-corrected chi connectivity index (χ0v) is 19.0. The normalized spacial score (nSPS) is 21.7. The lowest BCUT2D eigenvalue weighted by Crippen LogP contribution is -2.47. The summed E-state index contributed by atoms with van der Waals surface area (Å²) in [6.07, 6.45) is 9.79. The van der Waals surface area contributed by atoms with Crippen molar-refractivity contribution in [1.82, 2.24) is 15.5 Å². The molecule has 1 aliphatic heterocycles. The van der Waals surface area contributed by atoms with E-state index in [0.717, 1.165) is 58.0 Å². The smallest absolute Gasteiger partial charge is 0.410 e. The van der Waals surface area contributed by atoms with Crippen molar-refractivity contribution < 1.29 is 14.3 Å². The predicted molar refractivity (Wildman–Crippen MR) is 117 cm³/mol. The van der Waals surface area contributed by atoms with Gasteiger partial charge in [-0.2, -0.15) is 0 Å². The molecular formula is C22H42N4O3. The number of likely N-dealkylation sites (tertiary alicyclic amines) is 1. The summed E-state index contributed by atoms with van der Waals surface area (Å²) in [5, 5.41) is 6.77. The second-order valence-corrected chi connectivity index (χ2v) is 9.30. The highest BCUT2D eigenvalue weighted by atomic mass is 16.6. The quantitative estimate of drug-likeness (QED) is 0.381. The number of ether oxygens (including phenoxy) is 2. The Balaban J connectivity index is 1.60. The highest BCUT2D eigenvalue weighted by molar-refractivity contribution is 5.79. The topological polar surface area (TPSA) is 75.2 Å². The number of carbonyl (C=O) groups excluding carboxylic acids is 1. The summed E-state index contributed by atoms with van der Waals surface area (Å²) in [6.45, 7) is 9.69. The van der Waals surface area contributed by atoms with Crippen molar-refractivity contribution in [1.29, 1.82) is 0 Å². The number of aliphatic imine (C=N–C) groups is 1. The van der Waals surface area contributed by atoms with Crippen LogP contribution in [0, 0.1) is 5.92 Å². The summed E-state index contributed by atoms with van der Waals surface area (Å²) < 4.78 is 11.5. The van der Waals surface area contributed by atoms with Gasteiger partial charge in [0, 0.05) is 39.8 Å². The first kappa shape index (κ1) is 23.8. The molecule has 0 spiro atoms. The van der Waals surface area contributed by atoms with Gasteiger partial charge in [0.25, 0.3) is 0 Å². The molecule has 7 nitrogen and oxygen atoms in total. The van der Waals surface area contributed by atoms with E-state index >= 15 is 0 Å². The number of nitrogens with one attached hydrogen (secondary N) is 2. The Hall–Kier alpha value is -1.50. The number of nitrogens with zero attached hydrogens (tertiary/aromatic N) is 2. The highest BCUT2D eigenvalue weighted by Crippen LogP contribution is 2.20. The second kappa shape index (κ2) is 12.3. The van der Waals surface area contributed by atoms with Crippen molar-refractivity contribution in [3.8, 4) is 0 Å². The van der Waals surface area contributed by atoms with Crippen LogP contribution in [0.2, 0.25) is 0 Å². The SMILES string of the molecule is CN=C(NCCCOC1CCCCC1)NCC1CCCN(C(=O)OC(C)(C)C)C1. The molecule has 0 radical (unpaired) electrons. The largest absolute Gasteiger partial charge is 0.444 e. The average Bonchev–Trinajstić information content (AvgIpc) is 2.70. The van der Waals surface area contributed by atoms with Crippen molar-refractivity contribution in [2.75, 3.05) is 39.8 Å². The molecule has 0 aromatic carbocycles. The van der Waals surface area contributed by atoms with Crippen LogP contribution in [-0.4, -0.2) is 68.5 Å². The van der Waals surface area contributed by atoms with Gasteiger partial charge in [0.05, 0.1) is 6.10 Å². The standard InChI is InChI=1S/C22H42N4O3/c1-22(2,3)29-21(27)26-14-8-10-18(17-26)16-25-20(23-4)24-13-9-15-28-19-11-6-5-7-12-19/h18-19H,5-17H2,1-4H3,(H2,23,24,25). The van der Waals surface area contributed by atoms with Gasteiger partial charge in [0.2, 0.25) is 0 Å². The minimum Gasteiger partial charge on any atom is -0.444 e. The van der Waals surface area contributed by atoms with Crippen LogP contribution in [-0.2, 0) is 9.47 Å². The van der Waals surface area contributed by atoms with E-state index in [1.54, 1.807) is 7.05 Å². The molecule has 1 heterocycles. The Kier molecular flexibility index (Phi) is 10.0. The van der Waals surface area contributed by atoms with E-state index in [0.29, 0.717) is 12.0 Å². The van der Waals surface area contributed by atoms with Crippen LogP contribution in [0.4, 0.5) is 4.79 Å². The van der Waals surface area contributed by atoms with Gasteiger partial charge < -0.3 is 25.0 Å². The van der Waals surface area contributed by atoms with Crippen molar-refractivity contribution in [3.63, 3.8) is 0 Å². The summed E-state index contributed by atoms with van der Waals surface area (Å²) in [5.41, 5.74) is -0.449. The van der Waals surface area contributed by atoms with E-state index in [4.69, 9.17) is 9.47 Å². The summed E-state index contributed by atoms with van der Waals surface area (Å²) in [7, 11) is 1.79. The van der Waals surface area contributed by atoms with E-state index < -0.39 is 5.60 Å². The number of hydrogen-bond acceptors (Lipinski definition) is 4. The molecule has 29 heavy (non-hydrogen) atoms.